The van der Waals surface area contributed by atoms with E-state index in [4.69, 9.17) is 9.47 Å². The predicted molar refractivity (Wildman–Crippen MR) is 133 cm³/mol. The zero-order valence-corrected chi connectivity index (χ0v) is 20.8. The Morgan fingerprint density at radius 2 is 1.76 bits per heavy atom. The van der Waals surface area contributed by atoms with E-state index in [1.807, 2.05) is 51.9 Å². The second kappa shape index (κ2) is 11.4. The molecule has 1 fully saturated rings. The molecule has 1 aliphatic rings. The molecule has 34 heavy (non-hydrogen) atoms. The van der Waals surface area contributed by atoms with Crippen LogP contribution in [0.15, 0.2) is 59.8 Å². The van der Waals surface area contributed by atoms with Gasteiger partial charge in [-0.3, -0.25) is 9.36 Å². The fraction of sp³-hybridized carbons (Fsp3) is 0.423. The molecule has 1 saturated heterocycles. The van der Waals surface area contributed by atoms with E-state index in [0.29, 0.717) is 23.9 Å². The summed E-state index contributed by atoms with van der Waals surface area (Å²) in [7, 11) is 1.63. The Bertz CT molecular complexity index is 1080. The lowest BCUT2D eigenvalue weighted by Crippen LogP contribution is -2.48. The maximum Gasteiger partial charge on any atom is 0.233 e. The second-order valence-electron chi connectivity index (χ2n) is 8.66. The zero-order valence-electron chi connectivity index (χ0n) is 20.0. The van der Waals surface area contributed by atoms with Gasteiger partial charge in [0.25, 0.3) is 0 Å². The molecule has 0 bridgehead atoms. The van der Waals surface area contributed by atoms with Gasteiger partial charge in [-0.1, -0.05) is 48.2 Å². The van der Waals surface area contributed by atoms with Crippen LogP contribution in [0.2, 0.25) is 0 Å². The minimum absolute atomic E-state index is 0.160. The van der Waals surface area contributed by atoms with Crippen molar-refractivity contribution in [3.05, 3.63) is 66.0 Å². The third kappa shape index (κ3) is 5.91. The van der Waals surface area contributed by atoms with Gasteiger partial charge in [0.05, 0.1) is 19.4 Å². The molecular weight excluding hydrogens is 448 g/mol. The molecule has 8 heteroatoms. The molecule has 1 amide bonds. The van der Waals surface area contributed by atoms with Crippen molar-refractivity contribution >= 4 is 17.7 Å². The molecule has 0 N–H and O–H groups in total. The number of benzene rings is 2. The average molecular weight is 481 g/mol. The van der Waals surface area contributed by atoms with Gasteiger partial charge in [-0.15, -0.1) is 10.2 Å². The standard InChI is InChI=1S/C26H32N4O3S/c1-19-9-7-10-20(2)30(19)25(31)18-34-26-28-27-24(29(26)16-21-11-5-4-6-12-21)17-33-23-14-8-13-22(15-23)32-3/h4-6,8,11-15,19-20H,7,9-10,16-18H2,1-3H3. The first-order chi connectivity index (χ1) is 16.5. The lowest BCUT2D eigenvalue weighted by Gasteiger charge is -2.39. The monoisotopic (exact) mass is 480 g/mol. The molecule has 2 atom stereocenters. The van der Waals surface area contributed by atoms with Gasteiger partial charge in [0.2, 0.25) is 5.91 Å². The van der Waals surface area contributed by atoms with E-state index >= 15 is 0 Å². The first-order valence-electron chi connectivity index (χ1n) is 11.7. The van der Waals surface area contributed by atoms with Crippen molar-refractivity contribution in [1.82, 2.24) is 19.7 Å². The number of rotatable bonds is 9. The van der Waals surface area contributed by atoms with Gasteiger partial charge in [-0.25, -0.2) is 0 Å². The third-order valence-electron chi connectivity index (χ3n) is 6.19. The van der Waals surface area contributed by atoms with Gasteiger partial charge in [-0.2, -0.15) is 0 Å². The van der Waals surface area contributed by atoms with Crippen LogP contribution in [-0.4, -0.2) is 50.5 Å². The second-order valence-corrected chi connectivity index (χ2v) is 9.60. The Morgan fingerprint density at radius 3 is 2.50 bits per heavy atom. The number of thioether (sulfide) groups is 1. The molecule has 7 nitrogen and oxygen atoms in total. The number of amides is 1. The van der Waals surface area contributed by atoms with Gasteiger partial charge >= 0.3 is 0 Å². The molecule has 0 radical (unpaired) electrons. The topological polar surface area (TPSA) is 69.5 Å². The molecule has 180 valence electrons. The van der Waals surface area contributed by atoms with Crippen molar-refractivity contribution in [2.24, 2.45) is 0 Å². The van der Waals surface area contributed by atoms with Crippen LogP contribution in [0.25, 0.3) is 0 Å². The van der Waals surface area contributed by atoms with Crippen LogP contribution in [0.4, 0.5) is 0 Å². The fourth-order valence-electron chi connectivity index (χ4n) is 4.41. The van der Waals surface area contributed by atoms with Crippen LogP contribution in [0.1, 0.15) is 44.5 Å². The van der Waals surface area contributed by atoms with E-state index in [-0.39, 0.29) is 24.6 Å². The van der Waals surface area contributed by atoms with E-state index < -0.39 is 0 Å². The zero-order chi connectivity index (χ0) is 23.9. The van der Waals surface area contributed by atoms with Crippen molar-refractivity contribution < 1.29 is 14.3 Å². The number of methoxy groups -OCH3 is 1. The Labute approximate surface area is 205 Å². The summed E-state index contributed by atoms with van der Waals surface area (Å²) >= 11 is 1.44. The summed E-state index contributed by atoms with van der Waals surface area (Å²) in [5, 5.41) is 9.54. The summed E-state index contributed by atoms with van der Waals surface area (Å²) in [6, 6.07) is 18.2. The average Bonchev–Trinajstić information content (AvgIpc) is 3.23. The predicted octanol–water partition coefficient (Wildman–Crippen LogP) is 4.80. The van der Waals surface area contributed by atoms with Crippen LogP contribution in [0.5, 0.6) is 11.5 Å². The Kier molecular flexibility index (Phi) is 8.11. The van der Waals surface area contributed by atoms with Crippen molar-refractivity contribution in [2.45, 2.75) is 63.5 Å². The molecule has 1 aliphatic heterocycles. The first-order valence-corrected chi connectivity index (χ1v) is 12.7. The van der Waals surface area contributed by atoms with Crippen LogP contribution in [-0.2, 0) is 17.9 Å². The number of aromatic nitrogens is 3. The largest absolute Gasteiger partial charge is 0.497 e. The highest BCUT2D eigenvalue weighted by atomic mass is 32.2. The number of piperidine rings is 1. The van der Waals surface area contributed by atoms with Gasteiger partial charge in [0.1, 0.15) is 18.1 Å². The molecule has 1 aromatic heterocycles. The number of carbonyl (C=O) groups excluding carboxylic acids is 1. The molecule has 0 spiro atoms. The van der Waals surface area contributed by atoms with E-state index in [2.05, 4.69) is 36.2 Å². The number of hydrogen-bond donors (Lipinski definition) is 0. The smallest absolute Gasteiger partial charge is 0.233 e. The summed E-state index contributed by atoms with van der Waals surface area (Å²) < 4.78 is 13.3. The lowest BCUT2D eigenvalue weighted by molar-refractivity contribution is -0.134. The highest BCUT2D eigenvalue weighted by Gasteiger charge is 2.29. The van der Waals surface area contributed by atoms with Crippen molar-refractivity contribution in [2.75, 3.05) is 12.9 Å². The Hall–Kier alpha value is -3.00. The van der Waals surface area contributed by atoms with E-state index in [1.165, 1.54) is 18.2 Å². The summed E-state index contributed by atoms with van der Waals surface area (Å²) in [6.45, 7) is 5.16. The van der Waals surface area contributed by atoms with Crippen LogP contribution in [0, 0.1) is 0 Å². The van der Waals surface area contributed by atoms with E-state index in [1.54, 1.807) is 7.11 Å². The van der Waals surface area contributed by atoms with E-state index in [9.17, 15) is 4.79 Å². The minimum Gasteiger partial charge on any atom is -0.497 e. The third-order valence-corrected chi connectivity index (χ3v) is 7.14. The number of nitrogens with zero attached hydrogens (tertiary/aromatic N) is 4. The van der Waals surface area contributed by atoms with Crippen molar-refractivity contribution in [3.8, 4) is 11.5 Å². The maximum atomic E-state index is 13.1. The van der Waals surface area contributed by atoms with Crippen molar-refractivity contribution in [3.63, 3.8) is 0 Å². The molecule has 4 rings (SSSR count). The molecule has 2 unspecified atom stereocenters. The highest BCUT2D eigenvalue weighted by molar-refractivity contribution is 7.99. The van der Waals surface area contributed by atoms with Crippen LogP contribution in [0.3, 0.4) is 0 Å². The Balaban J connectivity index is 1.49. The van der Waals surface area contributed by atoms with Crippen LogP contribution < -0.4 is 9.47 Å². The first kappa shape index (κ1) is 24.1. The van der Waals surface area contributed by atoms with E-state index in [0.717, 1.165) is 29.3 Å². The quantitative estimate of drug-likeness (QED) is 0.410. The van der Waals surface area contributed by atoms with Gasteiger partial charge < -0.3 is 14.4 Å². The number of likely N-dealkylation sites (tertiary alicyclic amines) is 1. The summed E-state index contributed by atoms with van der Waals surface area (Å²) in [4.78, 5) is 15.1. The highest BCUT2D eigenvalue weighted by Crippen LogP contribution is 2.26. The molecule has 3 aromatic rings. The fourth-order valence-corrected chi connectivity index (χ4v) is 5.24. The molecule has 0 aliphatic carbocycles. The lowest BCUT2D eigenvalue weighted by atomic mass is 9.98. The molecule has 0 saturated carbocycles. The van der Waals surface area contributed by atoms with Gasteiger partial charge in [-0.05, 0) is 50.8 Å². The normalized spacial score (nSPS) is 18.0. The SMILES string of the molecule is COc1cccc(OCc2nnc(SCC(=O)N3C(C)CCCC3C)n2Cc2ccccc2)c1. The summed E-state index contributed by atoms with van der Waals surface area (Å²) in [5.74, 6) is 2.65. The molecular formula is C26H32N4O3S. The summed E-state index contributed by atoms with van der Waals surface area (Å²) in [5.41, 5.74) is 1.14. The van der Waals surface area contributed by atoms with Crippen molar-refractivity contribution in [1.29, 1.82) is 0 Å². The maximum absolute atomic E-state index is 13.1. The minimum atomic E-state index is 0.160. The van der Waals surface area contributed by atoms with Gasteiger partial charge in [0, 0.05) is 18.2 Å². The Morgan fingerprint density at radius 1 is 1.03 bits per heavy atom. The number of carbonyl (C=O) groups is 1. The number of hydrogen-bond acceptors (Lipinski definition) is 6. The molecule has 2 heterocycles. The number of ether oxygens (including phenoxy) is 2. The van der Waals surface area contributed by atoms with Crippen LogP contribution >= 0.6 is 11.8 Å². The molecule has 2 aromatic carbocycles. The van der Waals surface area contributed by atoms with Gasteiger partial charge in [0.15, 0.2) is 11.0 Å². The summed E-state index contributed by atoms with van der Waals surface area (Å²) in [6.07, 6.45) is 3.31.